The van der Waals surface area contributed by atoms with Gasteiger partial charge in [0.15, 0.2) is 0 Å². The van der Waals surface area contributed by atoms with Crippen LogP contribution < -0.4 is 5.43 Å². The molecule has 1 aromatic carbocycles. The fourth-order valence-corrected chi connectivity index (χ4v) is 4.03. The molecule has 4 nitrogen and oxygen atoms in total. The highest BCUT2D eigenvalue weighted by Gasteiger charge is 2.57. The van der Waals surface area contributed by atoms with Gasteiger partial charge in [0.05, 0.1) is 22.3 Å². The second kappa shape index (κ2) is 5.91. The van der Waals surface area contributed by atoms with Crippen LogP contribution in [0.1, 0.15) is 33.1 Å². The largest absolute Gasteiger partial charge is 0.465 e. The predicted molar refractivity (Wildman–Crippen MR) is 88.1 cm³/mol. The summed E-state index contributed by atoms with van der Waals surface area (Å²) in [4.78, 5) is 12.3. The molecule has 3 unspecified atom stereocenters. The second-order valence-corrected chi connectivity index (χ2v) is 7.12. The monoisotopic (exact) mass is 342 g/mol. The van der Waals surface area contributed by atoms with Gasteiger partial charge in [-0.3, -0.25) is 4.79 Å². The van der Waals surface area contributed by atoms with Gasteiger partial charge in [0.25, 0.3) is 0 Å². The minimum absolute atomic E-state index is 0.0335. The van der Waals surface area contributed by atoms with Crippen molar-refractivity contribution in [2.24, 2.45) is 5.92 Å². The first-order valence-corrected chi connectivity index (χ1v) is 8.38. The number of benzene rings is 1. The Morgan fingerprint density at radius 1 is 1.45 bits per heavy atom. The van der Waals surface area contributed by atoms with Crippen LogP contribution in [0.5, 0.6) is 0 Å². The average molecular weight is 343 g/mol. The molecule has 1 aliphatic carbocycles. The van der Waals surface area contributed by atoms with Crippen LogP contribution in [0.25, 0.3) is 0 Å². The lowest BCUT2D eigenvalue weighted by Gasteiger charge is -2.40. The van der Waals surface area contributed by atoms with Gasteiger partial charge in [0.2, 0.25) is 0 Å². The van der Waals surface area contributed by atoms with E-state index in [1.54, 1.807) is 12.1 Å². The third-order valence-corrected chi connectivity index (χ3v) is 5.50. The lowest BCUT2D eigenvalue weighted by Crippen LogP contribution is -2.54. The van der Waals surface area contributed by atoms with Gasteiger partial charge >= 0.3 is 5.97 Å². The first-order valence-electron chi connectivity index (χ1n) is 7.62. The Hall–Kier alpha value is -0.970. The number of hydrogen-bond donors (Lipinski definition) is 1. The highest BCUT2D eigenvalue weighted by molar-refractivity contribution is 6.42. The Morgan fingerprint density at radius 3 is 2.91 bits per heavy atom. The van der Waals surface area contributed by atoms with E-state index in [2.05, 4.69) is 17.4 Å². The molecule has 1 heterocycles. The Bertz CT molecular complexity index is 596. The maximum absolute atomic E-state index is 12.3. The number of anilines is 1. The standard InChI is InChI=1S/C16H20Cl2N2O2/c1-3-22-15(21)14-10-6-7-16(2,9-10)20(14)19-11-4-5-12(17)13(18)8-11/h4-5,8,10,14,19H,3,6-7,9H2,1-2H3. The number of halogens is 2. The zero-order valence-electron chi connectivity index (χ0n) is 12.7. The highest BCUT2D eigenvalue weighted by Crippen LogP contribution is 2.50. The van der Waals surface area contributed by atoms with Crippen LogP contribution in [-0.2, 0) is 9.53 Å². The van der Waals surface area contributed by atoms with Crippen LogP contribution in [0.3, 0.4) is 0 Å². The van der Waals surface area contributed by atoms with Crippen LogP contribution in [0, 0.1) is 5.92 Å². The molecule has 1 aromatic rings. The van der Waals surface area contributed by atoms with E-state index in [1.807, 2.05) is 13.0 Å². The number of nitrogens with zero attached hydrogens (tertiary/aromatic N) is 1. The van der Waals surface area contributed by atoms with Crippen molar-refractivity contribution in [3.05, 3.63) is 28.2 Å². The lowest BCUT2D eigenvalue weighted by atomic mass is 9.98. The molecule has 1 saturated carbocycles. The zero-order chi connectivity index (χ0) is 15.9. The van der Waals surface area contributed by atoms with Crippen LogP contribution >= 0.6 is 23.2 Å². The van der Waals surface area contributed by atoms with Crippen molar-refractivity contribution in [2.45, 2.75) is 44.7 Å². The van der Waals surface area contributed by atoms with Crippen molar-refractivity contribution in [1.29, 1.82) is 0 Å². The predicted octanol–water partition coefficient (Wildman–Crippen LogP) is 4.13. The summed E-state index contributed by atoms with van der Waals surface area (Å²) in [6, 6.07) is 5.16. The van der Waals surface area contributed by atoms with E-state index in [0.717, 1.165) is 24.9 Å². The van der Waals surface area contributed by atoms with Gasteiger partial charge in [-0.05, 0) is 57.2 Å². The first kappa shape index (κ1) is 15.9. The molecule has 2 fully saturated rings. The zero-order valence-corrected chi connectivity index (χ0v) is 14.2. The molecular formula is C16H20Cl2N2O2. The summed E-state index contributed by atoms with van der Waals surface area (Å²) in [6.45, 7) is 4.43. The summed E-state index contributed by atoms with van der Waals surface area (Å²) in [6.07, 6.45) is 3.15. The molecule has 1 saturated heterocycles. The number of piperidine rings is 1. The minimum atomic E-state index is -0.242. The van der Waals surface area contributed by atoms with Crippen LogP contribution in [0.2, 0.25) is 10.0 Å². The fraction of sp³-hybridized carbons (Fsp3) is 0.562. The van der Waals surface area contributed by atoms with E-state index in [0.29, 0.717) is 22.6 Å². The van der Waals surface area contributed by atoms with E-state index in [4.69, 9.17) is 27.9 Å². The maximum Gasteiger partial charge on any atom is 0.325 e. The van der Waals surface area contributed by atoms with Crippen molar-refractivity contribution in [2.75, 3.05) is 12.0 Å². The molecule has 1 N–H and O–H groups in total. The lowest BCUT2D eigenvalue weighted by molar-refractivity contribution is -0.151. The Kier molecular flexibility index (Phi) is 4.27. The molecule has 0 spiro atoms. The van der Waals surface area contributed by atoms with Crippen molar-refractivity contribution in [3.8, 4) is 0 Å². The molecule has 0 aromatic heterocycles. The van der Waals surface area contributed by atoms with Crippen LogP contribution in [0.4, 0.5) is 5.69 Å². The van der Waals surface area contributed by atoms with Crippen molar-refractivity contribution >= 4 is 34.9 Å². The van der Waals surface area contributed by atoms with Gasteiger partial charge in [-0.25, -0.2) is 5.01 Å². The van der Waals surface area contributed by atoms with E-state index < -0.39 is 0 Å². The molecule has 1 aliphatic heterocycles. The van der Waals surface area contributed by atoms with Crippen LogP contribution in [0.15, 0.2) is 18.2 Å². The fourth-order valence-electron chi connectivity index (χ4n) is 3.73. The van der Waals surface area contributed by atoms with Gasteiger partial charge in [0.1, 0.15) is 6.04 Å². The maximum atomic E-state index is 12.3. The number of carbonyl (C=O) groups excluding carboxylic acids is 1. The summed E-state index contributed by atoms with van der Waals surface area (Å²) < 4.78 is 5.27. The van der Waals surface area contributed by atoms with Crippen LogP contribution in [-0.4, -0.2) is 29.2 Å². The van der Waals surface area contributed by atoms with E-state index in [1.165, 1.54) is 0 Å². The number of hydrogen-bond acceptors (Lipinski definition) is 4. The smallest absolute Gasteiger partial charge is 0.325 e. The highest BCUT2D eigenvalue weighted by atomic mass is 35.5. The number of hydrazine groups is 1. The molecular weight excluding hydrogens is 323 g/mol. The number of ether oxygens (including phenoxy) is 1. The summed E-state index contributed by atoms with van der Waals surface area (Å²) in [5.74, 6) is 0.197. The number of esters is 1. The Balaban J connectivity index is 1.85. The third kappa shape index (κ3) is 2.68. The quantitative estimate of drug-likeness (QED) is 0.835. The van der Waals surface area contributed by atoms with E-state index >= 15 is 0 Å². The number of carbonyl (C=O) groups is 1. The average Bonchev–Trinajstić information content (AvgIpc) is 2.97. The molecule has 3 atom stereocenters. The van der Waals surface area contributed by atoms with Gasteiger partial charge in [0, 0.05) is 5.54 Å². The number of rotatable bonds is 4. The minimum Gasteiger partial charge on any atom is -0.465 e. The van der Waals surface area contributed by atoms with Crippen molar-refractivity contribution < 1.29 is 9.53 Å². The third-order valence-electron chi connectivity index (χ3n) is 4.76. The SMILES string of the molecule is CCOC(=O)C1C2CCC(C)(C2)N1Nc1ccc(Cl)c(Cl)c1. The number of nitrogens with one attached hydrogen (secondary N) is 1. The Labute approximate surface area is 140 Å². The molecule has 6 heteroatoms. The van der Waals surface area contributed by atoms with E-state index in [-0.39, 0.29) is 17.6 Å². The number of fused-ring (bicyclic) bond motifs is 2. The van der Waals surface area contributed by atoms with Gasteiger partial charge in [-0.1, -0.05) is 23.2 Å². The molecule has 2 bridgehead atoms. The Morgan fingerprint density at radius 2 is 2.23 bits per heavy atom. The molecule has 3 rings (SSSR count). The molecule has 120 valence electrons. The molecule has 0 amide bonds. The van der Waals surface area contributed by atoms with Crippen molar-refractivity contribution in [1.82, 2.24) is 5.01 Å². The summed E-state index contributed by atoms with van der Waals surface area (Å²) in [5.41, 5.74) is 4.16. The molecule has 2 aliphatic rings. The molecule has 0 radical (unpaired) electrons. The summed E-state index contributed by atoms with van der Waals surface area (Å²) in [5, 5.41) is 3.07. The normalized spacial score (nSPS) is 30.5. The summed E-state index contributed by atoms with van der Waals surface area (Å²) in [7, 11) is 0. The van der Waals surface area contributed by atoms with Gasteiger partial charge < -0.3 is 10.2 Å². The first-order chi connectivity index (χ1) is 10.4. The van der Waals surface area contributed by atoms with Gasteiger partial charge in [-0.15, -0.1) is 0 Å². The van der Waals surface area contributed by atoms with E-state index in [9.17, 15) is 4.79 Å². The van der Waals surface area contributed by atoms with Gasteiger partial charge in [-0.2, -0.15) is 0 Å². The summed E-state index contributed by atoms with van der Waals surface area (Å²) >= 11 is 12.0. The molecule has 22 heavy (non-hydrogen) atoms. The second-order valence-electron chi connectivity index (χ2n) is 6.31. The van der Waals surface area contributed by atoms with Crippen molar-refractivity contribution in [3.63, 3.8) is 0 Å². The topological polar surface area (TPSA) is 41.6 Å².